The van der Waals surface area contributed by atoms with Crippen molar-refractivity contribution < 1.29 is 13.3 Å². The molecule has 0 N–H and O–H groups in total. The molecule has 0 spiro atoms. The molecule has 1 saturated heterocycles. The fraction of sp³-hybridized carbons (Fsp3) is 0.538. The van der Waals surface area contributed by atoms with Crippen LogP contribution in [0.25, 0.3) is 0 Å². The molecule has 2 rings (SSSR count). The first kappa shape index (κ1) is 14.8. The van der Waals surface area contributed by atoms with Crippen LogP contribution in [0.4, 0.5) is 11.4 Å². The molecule has 1 aliphatic heterocycles. The first-order chi connectivity index (χ1) is 9.37. The molecular formula is C13H18N2O4S. The smallest absolute Gasteiger partial charge is 0.292 e. The van der Waals surface area contributed by atoms with E-state index in [0.717, 1.165) is 19.4 Å². The molecule has 0 saturated carbocycles. The Morgan fingerprint density at radius 3 is 2.75 bits per heavy atom. The summed E-state index contributed by atoms with van der Waals surface area (Å²) in [5.41, 5.74) is 0.656. The van der Waals surface area contributed by atoms with Crippen LogP contribution in [-0.2, 0) is 9.84 Å². The Bertz CT molecular complexity index is 600. The van der Waals surface area contributed by atoms with Crippen molar-refractivity contribution in [3.8, 4) is 0 Å². The van der Waals surface area contributed by atoms with E-state index in [1.54, 1.807) is 18.2 Å². The normalized spacial score (nSPS) is 19.9. The molecule has 1 aromatic rings. The minimum atomic E-state index is -3.02. The van der Waals surface area contributed by atoms with Crippen molar-refractivity contribution in [3.05, 3.63) is 34.4 Å². The Balaban J connectivity index is 2.19. The number of para-hydroxylation sites is 2. The summed E-state index contributed by atoms with van der Waals surface area (Å²) in [4.78, 5) is 12.6. The topological polar surface area (TPSA) is 80.5 Å². The SMILES string of the molecule is CS(=O)(=O)CC1CCCN(c2ccccc2[N+](=O)[O-])C1. The summed E-state index contributed by atoms with van der Waals surface area (Å²) in [5, 5.41) is 11.1. The number of hydrogen-bond donors (Lipinski definition) is 0. The van der Waals surface area contributed by atoms with Gasteiger partial charge >= 0.3 is 0 Å². The van der Waals surface area contributed by atoms with Crippen molar-refractivity contribution in [1.82, 2.24) is 0 Å². The van der Waals surface area contributed by atoms with Gasteiger partial charge in [0.1, 0.15) is 15.5 Å². The van der Waals surface area contributed by atoms with Crippen LogP contribution in [0, 0.1) is 16.0 Å². The van der Waals surface area contributed by atoms with Gasteiger partial charge in [0.15, 0.2) is 0 Å². The number of nitro benzene ring substituents is 1. The molecule has 20 heavy (non-hydrogen) atoms. The average molecular weight is 298 g/mol. The van der Waals surface area contributed by atoms with E-state index in [9.17, 15) is 18.5 Å². The van der Waals surface area contributed by atoms with E-state index in [1.807, 2.05) is 4.90 Å². The Labute approximate surface area is 118 Å². The molecule has 0 bridgehead atoms. The summed E-state index contributed by atoms with van der Waals surface area (Å²) in [5.74, 6) is 0.183. The first-order valence-corrected chi connectivity index (χ1v) is 8.59. The number of anilines is 1. The van der Waals surface area contributed by atoms with E-state index in [1.165, 1.54) is 12.3 Å². The van der Waals surface area contributed by atoms with Crippen LogP contribution in [0.2, 0.25) is 0 Å². The number of nitro groups is 1. The van der Waals surface area contributed by atoms with E-state index in [4.69, 9.17) is 0 Å². The van der Waals surface area contributed by atoms with Crippen molar-refractivity contribution in [2.24, 2.45) is 5.92 Å². The minimum absolute atomic E-state index is 0.0403. The highest BCUT2D eigenvalue weighted by Gasteiger charge is 2.26. The van der Waals surface area contributed by atoms with Crippen LogP contribution in [-0.4, -0.2) is 38.4 Å². The highest BCUT2D eigenvalue weighted by molar-refractivity contribution is 7.90. The first-order valence-electron chi connectivity index (χ1n) is 6.53. The molecule has 0 amide bonds. The Kier molecular flexibility index (Phi) is 4.27. The molecular weight excluding hydrogens is 280 g/mol. The second-order valence-electron chi connectivity index (χ2n) is 5.29. The van der Waals surface area contributed by atoms with Gasteiger partial charge in [-0.1, -0.05) is 12.1 Å². The minimum Gasteiger partial charge on any atom is -0.366 e. The predicted octanol–water partition coefficient (Wildman–Crippen LogP) is 1.86. The summed E-state index contributed by atoms with van der Waals surface area (Å²) in [6, 6.07) is 6.61. The van der Waals surface area contributed by atoms with Crippen LogP contribution in [0.15, 0.2) is 24.3 Å². The molecule has 0 aliphatic carbocycles. The van der Waals surface area contributed by atoms with Gasteiger partial charge in [0, 0.05) is 25.4 Å². The third-order valence-electron chi connectivity index (χ3n) is 3.48. The van der Waals surface area contributed by atoms with E-state index < -0.39 is 14.8 Å². The van der Waals surface area contributed by atoms with Gasteiger partial charge in [0.05, 0.1) is 10.7 Å². The maximum Gasteiger partial charge on any atom is 0.292 e. The fourth-order valence-electron chi connectivity index (χ4n) is 2.73. The summed E-state index contributed by atoms with van der Waals surface area (Å²) >= 11 is 0. The van der Waals surface area contributed by atoms with Crippen LogP contribution < -0.4 is 4.90 Å². The molecule has 1 aromatic carbocycles. The number of piperidine rings is 1. The lowest BCUT2D eigenvalue weighted by molar-refractivity contribution is -0.384. The number of benzene rings is 1. The molecule has 6 nitrogen and oxygen atoms in total. The van der Waals surface area contributed by atoms with Gasteiger partial charge in [0.2, 0.25) is 0 Å². The second kappa shape index (κ2) is 5.78. The van der Waals surface area contributed by atoms with Crippen molar-refractivity contribution in [1.29, 1.82) is 0 Å². The van der Waals surface area contributed by atoms with Crippen LogP contribution in [0.5, 0.6) is 0 Å². The monoisotopic (exact) mass is 298 g/mol. The molecule has 0 radical (unpaired) electrons. The van der Waals surface area contributed by atoms with Crippen molar-refractivity contribution >= 4 is 21.2 Å². The summed E-state index contributed by atoms with van der Waals surface area (Å²) in [6.45, 7) is 1.28. The average Bonchev–Trinajstić information content (AvgIpc) is 2.37. The number of nitrogens with zero attached hydrogens (tertiary/aromatic N) is 2. The summed E-state index contributed by atoms with van der Waals surface area (Å²) in [6.07, 6.45) is 2.94. The zero-order chi connectivity index (χ0) is 14.8. The van der Waals surface area contributed by atoms with E-state index >= 15 is 0 Å². The second-order valence-corrected chi connectivity index (χ2v) is 7.48. The zero-order valence-electron chi connectivity index (χ0n) is 11.4. The summed E-state index contributed by atoms with van der Waals surface area (Å²) < 4.78 is 22.8. The molecule has 1 fully saturated rings. The quantitative estimate of drug-likeness (QED) is 0.626. The highest BCUT2D eigenvalue weighted by atomic mass is 32.2. The van der Waals surface area contributed by atoms with Crippen molar-refractivity contribution in [3.63, 3.8) is 0 Å². The lowest BCUT2D eigenvalue weighted by atomic mass is 9.99. The van der Waals surface area contributed by atoms with Crippen LogP contribution >= 0.6 is 0 Å². The molecule has 1 unspecified atom stereocenters. The maximum absolute atomic E-state index is 11.4. The van der Waals surface area contributed by atoms with E-state index in [2.05, 4.69) is 0 Å². The Morgan fingerprint density at radius 2 is 2.10 bits per heavy atom. The predicted molar refractivity (Wildman–Crippen MR) is 77.7 cm³/mol. The van der Waals surface area contributed by atoms with Gasteiger partial charge in [-0.15, -0.1) is 0 Å². The van der Waals surface area contributed by atoms with Gasteiger partial charge in [-0.05, 0) is 24.8 Å². The summed E-state index contributed by atoms with van der Waals surface area (Å²) in [7, 11) is -3.02. The highest BCUT2D eigenvalue weighted by Crippen LogP contribution is 2.31. The maximum atomic E-state index is 11.4. The van der Waals surface area contributed by atoms with Crippen molar-refractivity contribution in [2.75, 3.05) is 30.0 Å². The third-order valence-corrected chi connectivity index (χ3v) is 4.55. The van der Waals surface area contributed by atoms with E-state index in [-0.39, 0.29) is 17.4 Å². The number of hydrogen-bond acceptors (Lipinski definition) is 5. The molecule has 7 heteroatoms. The van der Waals surface area contributed by atoms with Gasteiger partial charge < -0.3 is 4.90 Å². The molecule has 1 heterocycles. The van der Waals surface area contributed by atoms with Gasteiger partial charge in [-0.3, -0.25) is 10.1 Å². The number of sulfone groups is 1. The van der Waals surface area contributed by atoms with E-state index in [0.29, 0.717) is 12.2 Å². The molecule has 0 aromatic heterocycles. The Morgan fingerprint density at radius 1 is 1.40 bits per heavy atom. The van der Waals surface area contributed by atoms with Crippen LogP contribution in [0.3, 0.4) is 0 Å². The standard InChI is InChI=1S/C13H18N2O4S/c1-20(18,19)10-11-5-4-8-14(9-11)12-6-2-3-7-13(12)15(16)17/h2-3,6-7,11H,4-5,8-10H2,1H3. The Hall–Kier alpha value is -1.63. The van der Waals surface area contributed by atoms with Gasteiger partial charge in [-0.2, -0.15) is 0 Å². The van der Waals surface area contributed by atoms with Crippen LogP contribution in [0.1, 0.15) is 12.8 Å². The third kappa shape index (κ3) is 3.69. The van der Waals surface area contributed by atoms with Gasteiger partial charge in [0.25, 0.3) is 5.69 Å². The van der Waals surface area contributed by atoms with Crippen molar-refractivity contribution in [2.45, 2.75) is 12.8 Å². The molecule has 1 aliphatic rings. The lowest BCUT2D eigenvalue weighted by Gasteiger charge is -2.33. The zero-order valence-corrected chi connectivity index (χ0v) is 12.2. The molecule has 110 valence electrons. The molecule has 1 atom stereocenters. The van der Waals surface area contributed by atoms with Gasteiger partial charge in [-0.25, -0.2) is 8.42 Å². The fourth-order valence-corrected chi connectivity index (χ4v) is 3.86. The number of rotatable bonds is 4. The lowest BCUT2D eigenvalue weighted by Crippen LogP contribution is -2.38. The largest absolute Gasteiger partial charge is 0.366 e.